The zero-order valence-electron chi connectivity index (χ0n) is 19.2. The number of amides is 2. The van der Waals surface area contributed by atoms with Crippen LogP contribution in [-0.4, -0.2) is 35.7 Å². The van der Waals surface area contributed by atoms with Gasteiger partial charge in [-0.3, -0.25) is 4.79 Å². The number of carboxylic acids is 1. The Morgan fingerprint density at radius 3 is 2.17 bits per heavy atom. The lowest BCUT2D eigenvalue weighted by Gasteiger charge is -2.21. The maximum atomic E-state index is 14.0. The highest BCUT2D eigenvalue weighted by atomic mass is 19.1. The molecule has 35 heavy (non-hydrogen) atoms. The van der Waals surface area contributed by atoms with Gasteiger partial charge < -0.3 is 20.5 Å². The summed E-state index contributed by atoms with van der Waals surface area (Å²) in [6, 6.07) is 18.5. The van der Waals surface area contributed by atoms with Crippen LogP contribution in [-0.2, 0) is 9.53 Å². The standard InChI is InChI=1S/C27H25FN2O5/c1-15(25(31)30-24-13-17(26(32)33)11-12-23(24)28)16(2)29-27(34)35-14-22-20-9-5-3-7-18(20)19-8-4-6-10-21(19)22/h3-13,15-16,22H,14H2,1-2H3,(H,29,34)(H,30,31)(H,32,33). The van der Waals surface area contributed by atoms with E-state index in [1.165, 1.54) is 0 Å². The molecule has 0 saturated carbocycles. The monoisotopic (exact) mass is 476 g/mol. The van der Waals surface area contributed by atoms with Crippen LogP contribution in [0.3, 0.4) is 0 Å². The molecule has 0 bridgehead atoms. The third kappa shape index (κ3) is 5.01. The summed E-state index contributed by atoms with van der Waals surface area (Å²) in [5.41, 5.74) is 4.03. The largest absolute Gasteiger partial charge is 0.478 e. The van der Waals surface area contributed by atoms with E-state index < -0.39 is 35.7 Å². The molecule has 2 atom stereocenters. The van der Waals surface area contributed by atoms with Crippen LogP contribution in [0, 0.1) is 11.7 Å². The number of rotatable bonds is 7. The smallest absolute Gasteiger partial charge is 0.407 e. The first-order valence-electron chi connectivity index (χ1n) is 11.2. The van der Waals surface area contributed by atoms with Gasteiger partial charge in [-0.25, -0.2) is 14.0 Å². The van der Waals surface area contributed by atoms with Gasteiger partial charge in [-0.05, 0) is 47.4 Å². The summed E-state index contributed by atoms with van der Waals surface area (Å²) in [6.07, 6.45) is -0.668. The summed E-state index contributed by atoms with van der Waals surface area (Å²) in [4.78, 5) is 36.2. The molecule has 0 saturated heterocycles. The van der Waals surface area contributed by atoms with Gasteiger partial charge in [0, 0.05) is 12.0 Å². The third-order valence-electron chi connectivity index (χ3n) is 6.32. The van der Waals surface area contributed by atoms with Crippen molar-refractivity contribution in [3.05, 3.63) is 89.2 Å². The van der Waals surface area contributed by atoms with Gasteiger partial charge in [0.25, 0.3) is 0 Å². The van der Waals surface area contributed by atoms with Crippen LogP contribution in [0.15, 0.2) is 66.7 Å². The molecular formula is C27H25FN2O5. The van der Waals surface area contributed by atoms with Crippen molar-refractivity contribution in [3.8, 4) is 11.1 Å². The predicted molar refractivity (Wildman–Crippen MR) is 129 cm³/mol. The number of carbonyl (C=O) groups excluding carboxylic acids is 2. The number of hydrogen-bond donors (Lipinski definition) is 3. The minimum absolute atomic E-state index is 0.0892. The Morgan fingerprint density at radius 2 is 1.57 bits per heavy atom. The van der Waals surface area contributed by atoms with Gasteiger partial charge in [0.05, 0.1) is 17.2 Å². The summed E-state index contributed by atoms with van der Waals surface area (Å²) >= 11 is 0. The molecule has 1 aliphatic carbocycles. The second-order valence-electron chi connectivity index (χ2n) is 8.54. The number of alkyl carbamates (subject to hydrolysis) is 1. The van der Waals surface area contributed by atoms with E-state index in [1.54, 1.807) is 13.8 Å². The van der Waals surface area contributed by atoms with Crippen LogP contribution in [0.5, 0.6) is 0 Å². The van der Waals surface area contributed by atoms with Crippen molar-refractivity contribution < 1.29 is 28.6 Å². The molecule has 3 N–H and O–H groups in total. The van der Waals surface area contributed by atoms with Crippen molar-refractivity contribution in [1.29, 1.82) is 0 Å². The number of carbonyl (C=O) groups is 3. The average molecular weight is 477 g/mol. The first-order chi connectivity index (χ1) is 16.8. The van der Waals surface area contributed by atoms with Gasteiger partial charge >= 0.3 is 12.1 Å². The van der Waals surface area contributed by atoms with Gasteiger partial charge in [0.1, 0.15) is 12.4 Å². The van der Waals surface area contributed by atoms with Crippen molar-refractivity contribution in [2.75, 3.05) is 11.9 Å². The van der Waals surface area contributed by atoms with E-state index in [4.69, 9.17) is 9.84 Å². The lowest BCUT2D eigenvalue weighted by molar-refractivity contribution is -0.120. The second-order valence-corrected chi connectivity index (χ2v) is 8.54. The lowest BCUT2D eigenvalue weighted by Crippen LogP contribution is -2.42. The maximum absolute atomic E-state index is 14.0. The zero-order chi connectivity index (χ0) is 25.1. The molecule has 8 heteroatoms. The number of nitrogens with one attached hydrogen (secondary N) is 2. The molecule has 2 amide bonds. The molecule has 2 unspecified atom stereocenters. The van der Waals surface area contributed by atoms with Crippen LogP contribution in [0.25, 0.3) is 11.1 Å². The highest BCUT2D eigenvalue weighted by Crippen LogP contribution is 2.44. The van der Waals surface area contributed by atoms with Crippen LogP contribution in [0.4, 0.5) is 14.9 Å². The number of carboxylic acid groups (broad SMARTS) is 1. The van der Waals surface area contributed by atoms with Gasteiger partial charge in [-0.15, -0.1) is 0 Å². The van der Waals surface area contributed by atoms with Crippen molar-refractivity contribution in [3.63, 3.8) is 0 Å². The van der Waals surface area contributed by atoms with E-state index in [1.807, 2.05) is 48.5 Å². The SMILES string of the molecule is CC(NC(=O)OCC1c2ccccc2-c2ccccc21)C(C)C(=O)Nc1cc(C(=O)O)ccc1F. The van der Waals surface area contributed by atoms with Gasteiger partial charge in [-0.1, -0.05) is 55.5 Å². The molecule has 7 nitrogen and oxygen atoms in total. The normalized spacial score (nSPS) is 13.8. The van der Waals surface area contributed by atoms with E-state index in [0.717, 1.165) is 40.5 Å². The Kier molecular flexibility index (Phi) is 6.82. The topological polar surface area (TPSA) is 105 Å². The van der Waals surface area contributed by atoms with Crippen LogP contribution in [0.1, 0.15) is 41.3 Å². The lowest BCUT2D eigenvalue weighted by atomic mass is 9.98. The number of aromatic carboxylic acids is 1. The Balaban J connectivity index is 1.35. The van der Waals surface area contributed by atoms with E-state index in [9.17, 15) is 18.8 Å². The summed E-state index contributed by atoms with van der Waals surface area (Å²) in [6.45, 7) is 3.35. The van der Waals surface area contributed by atoms with Gasteiger partial charge in [0.2, 0.25) is 5.91 Å². The van der Waals surface area contributed by atoms with Crippen molar-refractivity contribution >= 4 is 23.7 Å². The van der Waals surface area contributed by atoms with Crippen molar-refractivity contribution in [2.45, 2.75) is 25.8 Å². The average Bonchev–Trinajstić information content (AvgIpc) is 3.17. The predicted octanol–water partition coefficient (Wildman–Crippen LogP) is 5.03. The van der Waals surface area contributed by atoms with Crippen molar-refractivity contribution in [1.82, 2.24) is 5.32 Å². The first-order valence-corrected chi connectivity index (χ1v) is 11.2. The summed E-state index contributed by atoms with van der Waals surface area (Å²) < 4.78 is 19.5. The molecule has 4 rings (SSSR count). The molecule has 3 aromatic carbocycles. The Morgan fingerprint density at radius 1 is 0.971 bits per heavy atom. The number of hydrogen-bond acceptors (Lipinski definition) is 4. The van der Waals surface area contributed by atoms with E-state index in [2.05, 4.69) is 10.6 Å². The molecular weight excluding hydrogens is 451 g/mol. The third-order valence-corrected chi connectivity index (χ3v) is 6.32. The highest BCUT2D eigenvalue weighted by Gasteiger charge is 2.30. The number of fused-ring (bicyclic) bond motifs is 3. The fourth-order valence-corrected chi connectivity index (χ4v) is 4.18. The molecule has 180 valence electrons. The first kappa shape index (κ1) is 23.9. The minimum Gasteiger partial charge on any atom is -0.478 e. The highest BCUT2D eigenvalue weighted by molar-refractivity contribution is 5.95. The second kappa shape index (κ2) is 9.97. The molecule has 0 radical (unpaired) electrons. The maximum Gasteiger partial charge on any atom is 0.407 e. The fraction of sp³-hybridized carbons (Fsp3) is 0.222. The van der Waals surface area contributed by atoms with Gasteiger partial charge in [-0.2, -0.15) is 0 Å². The molecule has 1 aliphatic rings. The fourth-order valence-electron chi connectivity index (χ4n) is 4.18. The Labute approximate surface area is 201 Å². The Hall–Kier alpha value is -4.20. The van der Waals surface area contributed by atoms with Gasteiger partial charge in [0.15, 0.2) is 0 Å². The molecule has 0 heterocycles. The molecule has 0 aromatic heterocycles. The summed E-state index contributed by atoms with van der Waals surface area (Å²) in [5, 5.41) is 14.1. The van der Waals surface area contributed by atoms with Crippen LogP contribution >= 0.6 is 0 Å². The van der Waals surface area contributed by atoms with E-state index in [-0.39, 0.29) is 23.8 Å². The van der Waals surface area contributed by atoms with Crippen LogP contribution < -0.4 is 10.6 Å². The van der Waals surface area contributed by atoms with E-state index >= 15 is 0 Å². The number of anilines is 1. The van der Waals surface area contributed by atoms with Crippen LogP contribution in [0.2, 0.25) is 0 Å². The Bertz CT molecular complexity index is 1250. The number of halogens is 1. The minimum atomic E-state index is -1.24. The van der Waals surface area contributed by atoms with E-state index in [0.29, 0.717) is 0 Å². The number of ether oxygens (including phenoxy) is 1. The summed E-state index contributed by atoms with van der Waals surface area (Å²) in [7, 11) is 0. The van der Waals surface area contributed by atoms with Crippen molar-refractivity contribution in [2.24, 2.45) is 5.92 Å². The molecule has 3 aromatic rings. The molecule has 0 fully saturated rings. The quantitative estimate of drug-likeness (QED) is 0.444. The molecule has 0 spiro atoms. The number of benzene rings is 3. The summed E-state index contributed by atoms with van der Waals surface area (Å²) in [5.74, 6) is -3.40. The molecule has 0 aliphatic heterocycles. The zero-order valence-corrected chi connectivity index (χ0v) is 19.2.